The van der Waals surface area contributed by atoms with Crippen LogP contribution in [0.4, 0.5) is 0 Å². The van der Waals surface area contributed by atoms with E-state index in [0.717, 1.165) is 29.7 Å². The highest BCUT2D eigenvalue weighted by atomic mass is 16.2. The Hall–Kier alpha value is -3.47. The number of H-pyrrole nitrogens is 1. The van der Waals surface area contributed by atoms with Crippen LogP contribution in [0.3, 0.4) is 0 Å². The van der Waals surface area contributed by atoms with Crippen molar-refractivity contribution in [3.8, 4) is 0 Å². The van der Waals surface area contributed by atoms with E-state index in [9.17, 15) is 4.79 Å². The number of nitrogens with zero attached hydrogens (tertiary/aromatic N) is 2. The molecule has 28 heavy (non-hydrogen) atoms. The predicted molar refractivity (Wildman–Crippen MR) is 106 cm³/mol. The van der Waals surface area contributed by atoms with Crippen molar-refractivity contribution in [2.24, 2.45) is 0 Å². The molecule has 0 unspecified atom stereocenters. The molecule has 3 heterocycles. The fraction of sp³-hybridized carbons (Fsp3) is 0.174. The number of pyridine rings is 2. The van der Waals surface area contributed by atoms with Gasteiger partial charge < -0.3 is 5.32 Å². The van der Waals surface area contributed by atoms with Crippen molar-refractivity contribution in [1.29, 1.82) is 0 Å². The van der Waals surface area contributed by atoms with Gasteiger partial charge in [0.25, 0.3) is 11.7 Å². The van der Waals surface area contributed by atoms with Crippen LogP contribution in [0.2, 0.25) is 0 Å². The number of carbonyl (C=O) groups is 1. The van der Waals surface area contributed by atoms with Gasteiger partial charge in [0.05, 0.1) is 18.2 Å². The Kier molecular flexibility index (Phi) is 3.93. The van der Waals surface area contributed by atoms with E-state index in [1.807, 2.05) is 65.3 Å². The lowest BCUT2D eigenvalue weighted by Crippen LogP contribution is -2.35. The molecular formula is C23H21N4O+. The lowest BCUT2D eigenvalue weighted by atomic mass is 10.0. The van der Waals surface area contributed by atoms with Crippen LogP contribution in [0.1, 0.15) is 40.3 Å². The Labute approximate surface area is 163 Å². The van der Waals surface area contributed by atoms with Gasteiger partial charge >= 0.3 is 0 Å². The molecule has 1 amide bonds. The Morgan fingerprint density at radius 2 is 1.89 bits per heavy atom. The molecule has 0 bridgehead atoms. The van der Waals surface area contributed by atoms with Crippen molar-refractivity contribution in [2.45, 2.75) is 24.8 Å². The largest absolute Gasteiger partial charge is 0.339 e. The fourth-order valence-electron chi connectivity index (χ4n) is 3.80. The minimum absolute atomic E-state index is 0.0671. The maximum absolute atomic E-state index is 13.2. The van der Waals surface area contributed by atoms with Crippen molar-refractivity contribution in [3.63, 3.8) is 0 Å². The number of nitrogens with one attached hydrogen (secondary N) is 2. The van der Waals surface area contributed by atoms with Crippen LogP contribution in [-0.2, 0) is 12.0 Å². The summed E-state index contributed by atoms with van der Waals surface area (Å²) in [6.07, 6.45) is 8.22. The van der Waals surface area contributed by atoms with Crippen LogP contribution in [0.5, 0.6) is 0 Å². The number of hydrogen-bond acceptors (Lipinski definition) is 2. The number of aromatic nitrogens is 3. The van der Waals surface area contributed by atoms with Gasteiger partial charge in [-0.05, 0) is 42.2 Å². The number of amides is 1. The number of rotatable bonds is 5. The smallest absolute Gasteiger partial charge is 0.296 e. The van der Waals surface area contributed by atoms with Crippen LogP contribution in [0, 0.1) is 0 Å². The first-order valence-corrected chi connectivity index (χ1v) is 9.53. The second-order valence-electron chi connectivity index (χ2n) is 7.34. The Morgan fingerprint density at radius 1 is 1.07 bits per heavy atom. The Morgan fingerprint density at radius 3 is 2.64 bits per heavy atom. The van der Waals surface area contributed by atoms with E-state index in [2.05, 4.69) is 27.4 Å². The summed E-state index contributed by atoms with van der Waals surface area (Å²) in [5, 5.41) is 3.27. The van der Waals surface area contributed by atoms with Crippen LogP contribution in [-0.4, -0.2) is 15.9 Å². The number of hydrogen-bond donors (Lipinski definition) is 2. The molecule has 0 aliphatic heterocycles. The zero-order valence-corrected chi connectivity index (χ0v) is 15.4. The van der Waals surface area contributed by atoms with Crippen LogP contribution in [0.15, 0.2) is 79.3 Å². The summed E-state index contributed by atoms with van der Waals surface area (Å²) in [6.45, 7) is 0. The van der Waals surface area contributed by atoms with Gasteiger partial charge in [0.15, 0.2) is 5.52 Å². The summed E-state index contributed by atoms with van der Waals surface area (Å²) < 4.78 is 2.05. The number of fused-ring (bicyclic) bond motifs is 1. The standard InChI is InChI=1S/C23H20N4O/c28-22(26-23(11-12-23)18-8-2-1-3-9-18)21-19-10-4-5-14-27(19)20(25-21)15-17-7-6-13-24-16-17/h1-10,13-14,16H,11-12,15H2,(H,26,28)/p+1. The molecule has 5 nitrogen and oxygen atoms in total. The average Bonchev–Trinajstić information content (AvgIpc) is 3.44. The third-order valence-electron chi connectivity index (χ3n) is 5.43. The molecule has 5 heteroatoms. The van der Waals surface area contributed by atoms with Crippen LogP contribution < -0.4 is 9.72 Å². The predicted octanol–water partition coefficient (Wildman–Crippen LogP) is 3.16. The van der Waals surface area contributed by atoms with Gasteiger partial charge in [0.1, 0.15) is 0 Å². The molecule has 2 N–H and O–H groups in total. The molecule has 1 aromatic carbocycles. The van der Waals surface area contributed by atoms with Crippen molar-refractivity contribution in [1.82, 2.24) is 15.3 Å². The minimum atomic E-state index is -0.237. The quantitative estimate of drug-likeness (QED) is 0.531. The summed E-state index contributed by atoms with van der Waals surface area (Å²) in [5.74, 6) is 0.890. The molecule has 5 rings (SSSR count). The van der Waals surface area contributed by atoms with Crippen molar-refractivity contribution in [2.75, 3.05) is 0 Å². The second kappa shape index (κ2) is 6.60. The molecule has 1 fully saturated rings. The van der Waals surface area contributed by atoms with Gasteiger partial charge in [0.2, 0.25) is 5.69 Å². The molecule has 0 saturated heterocycles. The molecule has 138 valence electrons. The number of aromatic amines is 1. The van der Waals surface area contributed by atoms with Gasteiger partial charge in [-0.2, -0.15) is 4.40 Å². The lowest BCUT2D eigenvalue weighted by molar-refractivity contribution is -0.520. The third kappa shape index (κ3) is 2.95. The highest BCUT2D eigenvalue weighted by molar-refractivity contribution is 5.98. The zero-order valence-electron chi connectivity index (χ0n) is 15.4. The molecule has 1 aliphatic rings. The van der Waals surface area contributed by atoms with Gasteiger partial charge in [-0.25, -0.2) is 4.98 Å². The first-order chi connectivity index (χ1) is 13.8. The molecule has 0 radical (unpaired) electrons. The topological polar surface area (TPSA) is 61.9 Å². The summed E-state index contributed by atoms with van der Waals surface area (Å²) in [7, 11) is 0. The fourth-order valence-corrected chi connectivity index (χ4v) is 3.80. The summed E-state index contributed by atoms with van der Waals surface area (Å²) in [5.41, 5.74) is 3.50. The van der Waals surface area contributed by atoms with E-state index >= 15 is 0 Å². The number of carbonyl (C=O) groups excluding carboxylic acids is 1. The van der Waals surface area contributed by atoms with Gasteiger partial charge in [-0.3, -0.25) is 9.78 Å². The lowest BCUT2D eigenvalue weighted by Gasteiger charge is -2.16. The zero-order chi connectivity index (χ0) is 19.0. The maximum atomic E-state index is 13.2. The summed E-state index contributed by atoms with van der Waals surface area (Å²) in [6, 6.07) is 20.1. The first-order valence-electron chi connectivity index (χ1n) is 9.53. The third-order valence-corrected chi connectivity index (χ3v) is 5.43. The summed E-state index contributed by atoms with van der Waals surface area (Å²) >= 11 is 0. The van der Waals surface area contributed by atoms with Crippen LogP contribution in [0.25, 0.3) is 5.52 Å². The molecule has 3 aromatic heterocycles. The van der Waals surface area contributed by atoms with Crippen molar-refractivity contribution in [3.05, 3.63) is 102 Å². The van der Waals surface area contributed by atoms with Crippen LogP contribution >= 0.6 is 0 Å². The molecular weight excluding hydrogens is 348 g/mol. The summed E-state index contributed by atoms with van der Waals surface area (Å²) in [4.78, 5) is 20.7. The highest BCUT2D eigenvalue weighted by Crippen LogP contribution is 2.45. The van der Waals surface area contributed by atoms with Gasteiger partial charge in [0, 0.05) is 12.4 Å². The monoisotopic (exact) mass is 369 g/mol. The van der Waals surface area contributed by atoms with E-state index in [0.29, 0.717) is 12.1 Å². The van der Waals surface area contributed by atoms with Gasteiger partial charge in [-0.1, -0.05) is 42.5 Å². The average molecular weight is 369 g/mol. The van der Waals surface area contributed by atoms with E-state index in [1.54, 1.807) is 6.20 Å². The molecule has 1 aliphatic carbocycles. The maximum Gasteiger partial charge on any atom is 0.296 e. The Bertz CT molecular complexity index is 1130. The van der Waals surface area contributed by atoms with Crippen molar-refractivity contribution < 1.29 is 9.20 Å². The van der Waals surface area contributed by atoms with E-state index in [1.165, 1.54) is 5.56 Å². The van der Waals surface area contributed by atoms with E-state index in [4.69, 9.17) is 0 Å². The number of benzene rings is 1. The second-order valence-corrected chi connectivity index (χ2v) is 7.34. The normalized spacial score (nSPS) is 14.7. The van der Waals surface area contributed by atoms with E-state index < -0.39 is 0 Å². The van der Waals surface area contributed by atoms with Crippen molar-refractivity contribution >= 4 is 11.4 Å². The Balaban J connectivity index is 1.48. The van der Waals surface area contributed by atoms with E-state index in [-0.39, 0.29) is 11.4 Å². The molecule has 4 aromatic rings. The first kappa shape index (κ1) is 16.7. The highest BCUT2D eigenvalue weighted by Gasteiger charge is 2.46. The minimum Gasteiger partial charge on any atom is -0.339 e. The number of imidazole rings is 1. The molecule has 1 saturated carbocycles. The molecule has 0 spiro atoms. The van der Waals surface area contributed by atoms with Gasteiger partial charge in [-0.15, -0.1) is 0 Å². The SMILES string of the molecule is O=C(NC1(c2ccccc2)CC1)c1[nH]c(Cc2cccnc2)[n+]2ccccc12. The molecule has 0 atom stereocenters.